The van der Waals surface area contributed by atoms with Gasteiger partial charge in [0, 0.05) is 13.1 Å². The van der Waals surface area contributed by atoms with Crippen LogP contribution in [0.1, 0.15) is 32.6 Å². The highest BCUT2D eigenvalue weighted by Crippen LogP contribution is 2.21. The van der Waals surface area contributed by atoms with Crippen LogP contribution in [0.4, 0.5) is 0 Å². The SMILES string of the molecule is CC1CNCC(COC2CCCCC2O)O1. The predicted molar refractivity (Wildman–Crippen MR) is 61.4 cm³/mol. The smallest absolute Gasteiger partial charge is 0.0936 e. The van der Waals surface area contributed by atoms with E-state index in [1.807, 2.05) is 0 Å². The van der Waals surface area contributed by atoms with E-state index in [0.717, 1.165) is 32.4 Å². The molecule has 0 bridgehead atoms. The lowest BCUT2D eigenvalue weighted by Gasteiger charge is -2.32. The number of hydrogen-bond acceptors (Lipinski definition) is 4. The van der Waals surface area contributed by atoms with Crippen molar-refractivity contribution in [2.24, 2.45) is 0 Å². The number of hydrogen-bond donors (Lipinski definition) is 2. The second-order valence-electron chi connectivity index (χ2n) is 4.95. The molecule has 16 heavy (non-hydrogen) atoms. The van der Waals surface area contributed by atoms with Crippen LogP contribution >= 0.6 is 0 Å². The van der Waals surface area contributed by atoms with Crippen LogP contribution in [-0.2, 0) is 9.47 Å². The quantitative estimate of drug-likeness (QED) is 0.747. The van der Waals surface area contributed by atoms with E-state index in [9.17, 15) is 5.11 Å². The van der Waals surface area contributed by atoms with Crippen molar-refractivity contribution in [3.63, 3.8) is 0 Å². The van der Waals surface area contributed by atoms with Gasteiger partial charge in [-0.15, -0.1) is 0 Å². The lowest BCUT2D eigenvalue weighted by Crippen LogP contribution is -2.46. The number of nitrogens with one attached hydrogen (secondary N) is 1. The van der Waals surface area contributed by atoms with Crippen LogP contribution in [0, 0.1) is 0 Å². The van der Waals surface area contributed by atoms with Gasteiger partial charge in [-0.3, -0.25) is 0 Å². The van der Waals surface area contributed by atoms with E-state index in [0.29, 0.717) is 6.61 Å². The van der Waals surface area contributed by atoms with Gasteiger partial charge in [0.25, 0.3) is 0 Å². The zero-order valence-corrected chi connectivity index (χ0v) is 10.0. The van der Waals surface area contributed by atoms with Crippen molar-refractivity contribution in [2.75, 3.05) is 19.7 Å². The molecule has 4 atom stereocenters. The Balaban J connectivity index is 1.69. The molecule has 4 unspecified atom stereocenters. The summed E-state index contributed by atoms with van der Waals surface area (Å²) < 4.78 is 11.5. The van der Waals surface area contributed by atoms with E-state index in [2.05, 4.69) is 12.2 Å². The fraction of sp³-hybridized carbons (Fsp3) is 1.00. The van der Waals surface area contributed by atoms with Gasteiger partial charge in [-0.05, 0) is 19.8 Å². The molecule has 0 aromatic rings. The molecule has 0 aromatic carbocycles. The van der Waals surface area contributed by atoms with Gasteiger partial charge in [0.05, 0.1) is 31.0 Å². The zero-order chi connectivity index (χ0) is 11.4. The third-order valence-corrected chi connectivity index (χ3v) is 3.39. The molecular formula is C12H23NO3. The van der Waals surface area contributed by atoms with Gasteiger partial charge in [0.2, 0.25) is 0 Å². The predicted octanol–water partition coefficient (Wildman–Crippen LogP) is 0.683. The van der Waals surface area contributed by atoms with Crippen molar-refractivity contribution in [3.05, 3.63) is 0 Å². The van der Waals surface area contributed by atoms with Gasteiger partial charge in [-0.1, -0.05) is 12.8 Å². The van der Waals surface area contributed by atoms with Crippen LogP contribution in [0.2, 0.25) is 0 Å². The number of rotatable bonds is 3. The molecule has 4 nitrogen and oxygen atoms in total. The molecule has 1 saturated carbocycles. The standard InChI is InChI=1S/C12H23NO3/c1-9-6-13-7-10(16-9)8-15-12-5-3-2-4-11(12)14/h9-14H,2-8H2,1H3. The lowest BCUT2D eigenvalue weighted by molar-refractivity contribution is -0.116. The second-order valence-corrected chi connectivity index (χ2v) is 4.95. The summed E-state index contributed by atoms with van der Waals surface area (Å²) in [6, 6.07) is 0. The minimum atomic E-state index is -0.275. The van der Waals surface area contributed by atoms with Gasteiger partial charge in [-0.2, -0.15) is 0 Å². The molecule has 2 fully saturated rings. The molecular weight excluding hydrogens is 206 g/mol. The normalized spacial score (nSPS) is 40.9. The minimum Gasteiger partial charge on any atom is -0.390 e. The lowest BCUT2D eigenvalue weighted by atomic mass is 9.95. The van der Waals surface area contributed by atoms with E-state index in [1.165, 1.54) is 6.42 Å². The minimum absolute atomic E-state index is 0.0228. The Morgan fingerprint density at radius 2 is 2.12 bits per heavy atom. The third kappa shape index (κ3) is 3.42. The molecule has 2 N–H and O–H groups in total. The van der Waals surface area contributed by atoms with Gasteiger partial charge < -0.3 is 19.9 Å². The number of aliphatic hydroxyl groups is 1. The largest absolute Gasteiger partial charge is 0.390 e. The molecule has 0 radical (unpaired) electrons. The Kier molecular flexibility index (Phi) is 4.58. The maximum absolute atomic E-state index is 9.77. The summed E-state index contributed by atoms with van der Waals surface area (Å²) >= 11 is 0. The Morgan fingerprint density at radius 1 is 1.31 bits per heavy atom. The summed E-state index contributed by atoms with van der Waals surface area (Å²) in [7, 11) is 0. The first kappa shape index (κ1) is 12.3. The first-order valence-electron chi connectivity index (χ1n) is 6.41. The maximum atomic E-state index is 9.77. The van der Waals surface area contributed by atoms with Crippen molar-refractivity contribution in [2.45, 2.75) is 57.0 Å². The van der Waals surface area contributed by atoms with E-state index < -0.39 is 0 Å². The van der Waals surface area contributed by atoms with Crippen molar-refractivity contribution in [3.8, 4) is 0 Å². The van der Waals surface area contributed by atoms with Gasteiger partial charge in [0.15, 0.2) is 0 Å². The van der Waals surface area contributed by atoms with Gasteiger partial charge in [-0.25, -0.2) is 0 Å². The number of morpholine rings is 1. The Morgan fingerprint density at radius 3 is 2.88 bits per heavy atom. The van der Waals surface area contributed by atoms with E-state index in [4.69, 9.17) is 9.47 Å². The Bertz CT molecular complexity index is 212. The van der Waals surface area contributed by atoms with Crippen LogP contribution in [0.5, 0.6) is 0 Å². The highest BCUT2D eigenvalue weighted by Gasteiger charge is 2.26. The second kappa shape index (κ2) is 5.96. The molecule has 1 aliphatic heterocycles. The summed E-state index contributed by atoms with van der Waals surface area (Å²) in [4.78, 5) is 0. The van der Waals surface area contributed by atoms with Crippen LogP contribution in [0.3, 0.4) is 0 Å². The molecule has 0 aromatic heterocycles. The van der Waals surface area contributed by atoms with Crippen molar-refractivity contribution >= 4 is 0 Å². The highest BCUT2D eigenvalue weighted by molar-refractivity contribution is 4.77. The summed E-state index contributed by atoms with van der Waals surface area (Å²) in [5, 5.41) is 13.1. The monoisotopic (exact) mass is 229 g/mol. The van der Waals surface area contributed by atoms with Gasteiger partial charge >= 0.3 is 0 Å². The average molecular weight is 229 g/mol. The topological polar surface area (TPSA) is 50.7 Å². The fourth-order valence-corrected chi connectivity index (χ4v) is 2.47. The number of ether oxygens (including phenoxy) is 2. The van der Waals surface area contributed by atoms with Crippen LogP contribution in [0.15, 0.2) is 0 Å². The molecule has 1 aliphatic carbocycles. The van der Waals surface area contributed by atoms with Crippen LogP contribution in [0.25, 0.3) is 0 Å². The maximum Gasteiger partial charge on any atom is 0.0936 e. The van der Waals surface area contributed by atoms with Crippen molar-refractivity contribution in [1.82, 2.24) is 5.32 Å². The van der Waals surface area contributed by atoms with Crippen molar-refractivity contribution < 1.29 is 14.6 Å². The molecule has 1 saturated heterocycles. The summed E-state index contributed by atoms with van der Waals surface area (Å²) in [6.45, 7) is 4.43. The summed E-state index contributed by atoms with van der Waals surface area (Å²) in [6.07, 6.45) is 4.30. The fourth-order valence-electron chi connectivity index (χ4n) is 2.47. The zero-order valence-electron chi connectivity index (χ0n) is 10.0. The Labute approximate surface area is 97.3 Å². The molecule has 2 aliphatic rings. The van der Waals surface area contributed by atoms with Crippen LogP contribution in [-0.4, -0.2) is 49.2 Å². The average Bonchev–Trinajstić information content (AvgIpc) is 2.28. The summed E-state index contributed by atoms with van der Waals surface area (Å²) in [5.41, 5.74) is 0. The van der Waals surface area contributed by atoms with E-state index in [1.54, 1.807) is 0 Å². The summed E-state index contributed by atoms with van der Waals surface area (Å²) in [5.74, 6) is 0. The van der Waals surface area contributed by atoms with Crippen molar-refractivity contribution in [1.29, 1.82) is 0 Å². The third-order valence-electron chi connectivity index (χ3n) is 3.39. The van der Waals surface area contributed by atoms with Gasteiger partial charge in [0.1, 0.15) is 0 Å². The molecule has 4 heteroatoms. The van der Waals surface area contributed by atoms with Crippen LogP contribution < -0.4 is 5.32 Å². The molecule has 1 heterocycles. The number of aliphatic hydroxyl groups excluding tert-OH is 1. The first-order valence-corrected chi connectivity index (χ1v) is 6.41. The highest BCUT2D eigenvalue weighted by atomic mass is 16.5. The van der Waals surface area contributed by atoms with E-state index >= 15 is 0 Å². The molecule has 2 rings (SSSR count). The molecule has 94 valence electrons. The molecule has 0 amide bonds. The first-order chi connectivity index (χ1) is 7.75. The Hall–Kier alpha value is -0.160. The molecule has 0 spiro atoms. The van der Waals surface area contributed by atoms with E-state index in [-0.39, 0.29) is 24.4 Å².